The fraction of sp³-hybridized carbons (Fsp3) is 0.0714. The second kappa shape index (κ2) is 5.80. The van der Waals surface area contributed by atoms with Gasteiger partial charge in [0, 0.05) is 10.6 Å². The molecule has 0 aliphatic carbocycles. The molecule has 98 valence electrons. The summed E-state index contributed by atoms with van der Waals surface area (Å²) in [5.74, 6) is -1.64. The molecule has 0 saturated carbocycles. The zero-order valence-electron chi connectivity index (χ0n) is 9.79. The molecule has 2 aromatic carbocycles. The first-order chi connectivity index (χ1) is 9.08. The lowest BCUT2D eigenvalue weighted by atomic mass is 10.1. The van der Waals surface area contributed by atoms with Crippen LogP contribution in [-0.2, 0) is 11.2 Å². The van der Waals surface area contributed by atoms with Crippen molar-refractivity contribution in [2.45, 2.75) is 6.42 Å². The number of hydrogen-bond donors (Lipinski definition) is 1. The van der Waals surface area contributed by atoms with Crippen LogP contribution in [-0.4, -0.2) is 5.91 Å². The number of carbonyl (C=O) groups excluding carboxylic acids is 1. The maximum absolute atomic E-state index is 13.5. The summed E-state index contributed by atoms with van der Waals surface area (Å²) < 4.78 is 26.8. The topological polar surface area (TPSA) is 29.1 Å². The Morgan fingerprint density at radius 3 is 2.42 bits per heavy atom. The number of rotatable bonds is 3. The van der Waals surface area contributed by atoms with Gasteiger partial charge in [0.1, 0.15) is 11.6 Å². The molecule has 0 unspecified atom stereocenters. The van der Waals surface area contributed by atoms with Crippen LogP contribution in [0, 0.1) is 11.6 Å². The van der Waals surface area contributed by atoms with E-state index in [4.69, 9.17) is 11.6 Å². The zero-order chi connectivity index (χ0) is 13.8. The van der Waals surface area contributed by atoms with Gasteiger partial charge < -0.3 is 5.32 Å². The van der Waals surface area contributed by atoms with Crippen LogP contribution in [0.1, 0.15) is 5.56 Å². The molecule has 5 heteroatoms. The largest absolute Gasteiger partial charge is 0.323 e. The van der Waals surface area contributed by atoms with Gasteiger partial charge in [-0.1, -0.05) is 29.8 Å². The van der Waals surface area contributed by atoms with Crippen LogP contribution < -0.4 is 5.32 Å². The molecule has 19 heavy (non-hydrogen) atoms. The Morgan fingerprint density at radius 2 is 1.74 bits per heavy atom. The molecule has 0 bridgehead atoms. The van der Waals surface area contributed by atoms with E-state index in [1.54, 1.807) is 6.07 Å². The number of anilines is 1. The van der Waals surface area contributed by atoms with E-state index in [2.05, 4.69) is 5.32 Å². The van der Waals surface area contributed by atoms with E-state index in [0.29, 0.717) is 0 Å². The molecule has 0 fully saturated rings. The lowest BCUT2D eigenvalue weighted by molar-refractivity contribution is -0.115. The van der Waals surface area contributed by atoms with Gasteiger partial charge in [-0.3, -0.25) is 4.79 Å². The SMILES string of the molecule is O=C(Cc1c(F)cccc1Cl)Nc1ccccc1F. The molecule has 2 rings (SSSR count). The van der Waals surface area contributed by atoms with Gasteiger partial charge in [0.2, 0.25) is 5.91 Å². The molecule has 0 aliphatic heterocycles. The first-order valence-electron chi connectivity index (χ1n) is 5.55. The molecule has 0 heterocycles. The van der Waals surface area contributed by atoms with E-state index in [1.165, 1.54) is 36.4 Å². The molecular formula is C14H10ClF2NO. The number of hydrogen-bond acceptors (Lipinski definition) is 1. The van der Waals surface area contributed by atoms with Crippen LogP contribution in [0.25, 0.3) is 0 Å². The Labute approximate surface area is 114 Å². The van der Waals surface area contributed by atoms with Gasteiger partial charge >= 0.3 is 0 Å². The lowest BCUT2D eigenvalue weighted by Gasteiger charge is -2.08. The van der Waals surface area contributed by atoms with Crippen LogP contribution in [0.2, 0.25) is 5.02 Å². The summed E-state index contributed by atoms with van der Waals surface area (Å²) in [7, 11) is 0. The fourth-order valence-electron chi connectivity index (χ4n) is 1.62. The highest BCUT2D eigenvalue weighted by Gasteiger charge is 2.13. The van der Waals surface area contributed by atoms with E-state index >= 15 is 0 Å². The van der Waals surface area contributed by atoms with Crippen molar-refractivity contribution in [3.8, 4) is 0 Å². The Morgan fingerprint density at radius 1 is 1.05 bits per heavy atom. The van der Waals surface area contributed by atoms with E-state index in [0.717, 1.165) is 0 Å². The lowest BCUT2D eigenvalue weighted by Crippen LogP contribution is -2.16. The molecule has 0 radical (unpaired) electrons. The number of amides is 1. The highest BCUT2D eigenvalue weighted by atomic mass is 35.5. The van der Waals surface area contributed by atoms with Crippen molar-refractivity contribution >= 4 is 23.2 Å². The molecule has 0 aromatic heterocycles. The van der Waals surface area contributed by atoms with Gasteiger partial charge in [-0.25, -0.2) is 8.78 Å². The first-order valence-corrected chi connectivity index (χ1v) is 5.93. The first kappa shape index (κ1) is 13.5. The second-order valence-electron chi connectivity index (χ2n) is 3.91. The van der Waals surface area contributed by atoms with Crippen molar-refractivity contribution in [1.82, 2.24) is 0 Å². The average Bonchev–Trinajstić information content (AvgIpc) is 2.37. The van der Waals surface area contributed by atoms with Crippen molar-refractivity contribution < 1.29 is 13.6 Å². The molecule has 1 N–H and O–H groups in total. The summed E-state index contributed by atoms with van der Waals surface area (Å²) in [5, 5.41) is 2.54. The molecule has 0 aliphatic rings. The van der Waals surface area contributed by atoms with Crippen molar-refractivity contribution in [1.29, 1.82) is 0 Å². The minimum absolute atomic E-state index is 0.0555. The summed E-state index contributed by atoms with van der Waals surface area (Å²) in [6.45, 7) is 0. The predicted molar refractivity (Wildman–Crippen MR) is 70.1 cm³/mol. The molecule has 0 saturated heterocycles. The molecule has 0 atom stereocenters. The van der Waals surface area contributed by atoms with Gasteiger partial charge in [0.25, 0.3) is 0 Å². The fourth-order valence-corrected chi connectivity index (χ4v) is 1.85. The Kier molecular flexibility index (Phi) is 4.12. The Balaban J connectivity index is 2.12. The van der Waals surface area contributed by atoms with Gasteiger partial charge in [-0.2, -0.15) is 0 Å². The standard InChI is InChI=1S/C14H10ClF2NO/c15-10-4-3-6-11(16)9(10)8-14(19)18-13-7-2-1-5-12(13)17/h1-7H,8H2,(H,18,19). The minimum Gasteiger partial charge on any atom is -0.323 e. The number of carbonyl (C=O) groups is 1. The van der Waals surface area contributed by atoms with Crippen LogP contribution in [0.15, 0.2) is 42.5 Å². The highest BCUT2D eigenvalue weighted by Crippen LogP contribution is 2.20. The van der Waals surface area contributed by atoms with Crippen LogP contribution in [0.5, 0.6) is 0 Å². The highest BCUT2D eigenvalue weighted by molar-refractivity contribution is 6.31. The van der Waals surface area contributed by atoms with E-state index in [-0.39, 0.29) is 22.7 Å². The van der Waals surface area contributed by atoms with Crippen molar-refractivity contribution in [3.05, 3.63) is 64.7 Å². The van der Waals surface area contributed by atoms with Crippen molar-refractivity contribution in [2.75, 3.05) is 5.32 Å². The number of para-hydroxylation sites is 1. The summed E-state index contributed by atoms with van der Waals surface area (Å²) in [4.78, 5) is 11.7. The van der Waals surface area contributed by atoms with Gasteiger partial charge in [-0.05, 0) is 24.3 Å². The third-order valence-corrected chi connectivity index (χ3v) is 2.90. The summed E-state index contributed by atoms with van der Waals surface area (Å²) >= 11 is 5.81. The van der Waals surface area contributed by atoms with E-state index in [9.17, 15) is 13.6 Å². The second-order valence-corrected chi connectivity index (χ2v) is 4.31. The maximum atomic E-state index is 13.5. The van der Waals surface area contributed by atoms with E-state index in [1.807, 2.05) is 0 Å². The number of benzene rings is 2. The summed E-state index contributed by atoms with van der Waals surface area (Å²) in [5.41, 5.74) is 0.151. The Bertz CT molecular complexity index is 596. The molecular weight excluding hydrogens is 272 g/mol. The van der Waals surface area contributed by atoms with E-state index < -0.39 is 17.5 Å². The van der Waals surface area contributed by atoms with Crippen LogP contribution in [0.4, 0.5) is 14.5 Å². The molecule has 0 spiro atoms. The minimum atomic E-state index is -0.559. The third-order valence-electron chi connectivity index (χ3n) is 2.55. The molecule has 2 nitrogen and oxygen atoms in total. The zero-order valence-corrected chi connectivity index (χ0v) is 10.5. The van der Waals surface area contributed by atoms with Crippen LogP contribution in [0.3, 0.4) is 0 Å². The Hall–Kier alpha value is -1.94. The van der Waals surface area contributed by atoms with Gasteiger partial charge in [-0.15, -0.1) is 0 Å². The average molecular weight is 282 g/mol. The molecule has 1 amide bonds. The number of halogens is 3. The van der Waals surface area contributed by atoms with Crippen molar-refractivity contribution in [2.24, 2.45) is 0 Å². The van der Waals surface area contributed by atoms with Crippen LogP contribution >= 0.6 is 11.6 Å². The third kappa shape index (κ3) is 3.29. The molecule has 2 aromatic rings. The smallest absolute Gasteiger partial charge is 0.229 e. The normalized spacial score (nSPS) is 10.3. The van der Waals surface area contributed by atoms with Gasteiger partial charge in [0.05, 0.1) is 12.1 Å². The quantitative estimate of drug-likeness (QED) is 0.911. The predicted octanol–water partition coefficient (Wildman–Crippen LogP) is 3.80. The maximum Gasteiger partial charge on any atom is 0.229 e. The monoisotopic (exact) mass is 281 g/mol. The summed E-state index contributed by atoms with van der Waals surface area (Å²) in [6, 6.07) is 9.93. The summed E-state index contributed by atoms with van der Waals surface area (Å²) in [6.07, 6.45) is -0.250. The van der Waals surface area contributed by atoms with Gasteiger partial charge in [0.15, 0.2) is 0 Å². The van der Waals surface area contributed by atoms with Crippen molar-refractivity contribution in [3.63, 3.8) is 0 Å². The number of nitrogens with one attached hydrogen (secondary N) is 1.